The van der Waals surface area contributed by atoms with Crippen LogP contribution >= 0.6 is 0 Å². The van der Waals surface area contributed by atoms with Gasteiger partial charge in [0.15, 0.2) is 11.1 Å². The van der Waals surface area contributed by atoms with E-state index >= 15 is 0 Å². The van der Waals surface area contributed by atoms with Gasteiger partial charge in [0, 0.05) is 0 Å². The summed E-state index contributed by atoms with van der Waals surface area (Å²) in [6.45, 7) is 4.17. The van der Waals surface area contributed by atoms with E-state index in [0.29, 0.717) is 12.2 Å². The molecule has 2 nitrogen and oxygen atoms in total. The van der Waals surface area contributed by atoms with E-state index in [4.69, 9.17) is 4.55 Å². The van der Waals surface area contributed by atoms with Gasteiger partial charge in [0.05, 0.1) is 5.75 Å². The van der Waals surface area contributed by atoms with E-state index in [1.807, 2.05) is 0 Å². The summed E-state index contributed by atoms with van der Waals surface area (Å²) in [5.41, 5.74) is 3.70. The molecule has 14 heavy (non-hydrogen) atoms. The lowest BCUT2D eigenvalue weighted by Crippen LogP contribution is -2.01. The maximum Gasteiger partial charge on any atom is 0.153 e. The van der Waals surface area contributed by atoms with Crippen LogP contribution in [0.2, 0.25) is 0 Å². The zero-order chi connectivity index (χ0) is 10.6. The van der Waals surface area contributed by atoms with Crippen LogP contribution in [0.1, 0.15) is 23.6 Å². The van der Waals surface area contributed by atoms with Gasteiger partial charge >= 0.3 is 0 Å². The normalized spacial score (nSPS) is 12.8. The maximum atomic E-state index is 10.5. The Morgan fingerprint density at radius 2 is 2.14 bits per heavy atom. The molecule has 0 bridgehead atoms. The van der Waals surface area contributed by atoms with Gasteiger partial charge in [-0.3, -0.25) is 0 Å². The van der Waals surface area contributed by atoms with Gasteiger partial charge in [0.2, 0.25) is 0 Å². The zero-order valence-electron chi connectivity index (χ0n) is 8.62. The fourth-order valence-corrected chi connectivity index (χ4v) is 1.85. The van der Waals surface area contributed by atoms with Crippen molar-refractivity contribution in [3.8, 4) is 0 Å². The molecule has 0 spiro atoms. The highest BCUT2D eigenvalue weighted by molar-refractivity contribution is 7.79. The molecular weight excluding hydrogens is 196 g/mol. The van der Waals surface area contributed by atoms with E-state index < -0.39 is 11.1 Å². The Morgan fingerprint density at radius 1 is 1.43 bits per heavy atom. The predicted octanol–water partition coefficient (Wildman–Crippen LogP) is 2.32. The minimum absolute atomic E-state index is 0.326. The van der Waals surface area contributed by atoms with Crippen molar-refractivity contribution in [1.29, 1.82) is 0 Å². The molecule has 0 aliphatic rings. The van der Waals surface area contributed by atoms with E-state index in [1.54, 1.807) is 0 Å². The predicted molar refractivity (Wildman–Crippen MR) is 59.9 cm³/mol. The monoisotopic (exact) mass is 212 g/mol. The summed E-state index contributed by atoms with van der Waals surface area (Å²) in [4.78, 5) is 0. The Kier molecular flexibility index (Phi) is 4.29. The molecule has 0 aliphatic heterocycles. The van der Waals surface area contributed by atoms with E-state index in [2.05, 4.69) is 32.0 Å². The third-order valence-corrected chi connectivity index (χ3v) is 2.91. The number of benzene rings is 1. The third kappa shape index (κ3) is 3.24. The van der Waals surface area contributed by atoms with Crippen LogP contribution in [0.25, 0.3) is 0 Å². The first-order valence-corrected chi connectivity index (χ1v) is 6.07. The summed E-state index contributed by atoms with van der Waals surface area (Å²) in [7, 11) is 0. The quantitative estimate of drug-likeness (QED) is 0.778. The van der Waals surface area contributed by atoms with Crippen LogP contribution in [-0.4, -0.2) is 14.5 Å². The lowest BCUT2D eigenvalue weighted by Gasteiger charge is -2.06. The Balaban J connectivity index is 2.73. The highest BCUT2D eigenvalue weighted by Crippen LogP contribution is 2.12. The molecule has 0 aromatic heterocycles. The van der Waals surface area contributed by atoms with Crippen molar-refractivity contribution in [2.45, 2.75) is 26.7 Å². The molecule has 0 heterocycles. The van der Waals surface area contributed by atoms with Gasteiger partial charge in [-0.15, -0.1) is 0 Å². The molecular formula is C11H16O2S. The van der Waals surface area contributed by atoms with Gasteiger partial charge in [0.1, 0.15) is 0 Å². The summed E-state index contributed by atoms with van der Waals surface area (Å²) in [6.07, 6.45) is 1.71. The summed E-state index contributed by atoms with van der Waals surface area (Å²) in [6, 6.07) is 6.29. The molecule has 0 radical (unpaired) electrons. The molecule has 0 aliphatic carbocycles. The van der Waals surface area contributed by atoms with E-state index in [9.17, 15) is 4.21 Å². The van der Waals surface area contributed by atoms with Crippen LogP contribution in [0.15, 0.2) is 18.2 Å². The lowest BCUT2D eigenvalue weighted by molar-refractivity contribution is 0.563. The molecule has 1 atom stereocenters. The maximum absolute atomic E-state index is 10.5. The highest BCUT2D eigenvalue weighted by atomic mass is 32.2. The third-order valence-electron chi connectivity index (χ3n) is 2.36. The second-order valence-electron chi connectivity index (χ2n) is 3.39. The smallest absolute Gasteiger partial charge is 0.153 e. The zero-order valence-corrected chi connectivity index (χ0v) is 9.43. The molecule has 0 saturated carbocycles. The first-order valence-electron chi connectivity index (χ1n) is 4.79. The molecule has 3 heteroatoms. The van der Waals surface area contributed by atoms with E-state index in [0.717, 1.165) is 6.42 Å². The van der Waals surface area contributed by atoms with Crippen molar-refractivity contribution in [2.24, 2.45) is 0 Å². The second-order valence-corrected chi connectivity index (χ2v) is 4.44. The first kappa shape index (κ1) is 11.4. The topological polar surface area (TPSA) is 37.3 Å². The molecule has 0 fully saturated rings. The van der Waals surface area contributed by atoms with Crippen molar-refractivity contribution in [3.05, 3.63) is 34.9 Å². The fourth-order valence-electron chi connectivity index (χ4n) is 1.46. The Hall–Kier alpha value is -0.670. The summed E-state index contributed by atoms with van der Waals surface area (Å²) in [5, 5.41) is 0. The van der Waals surface area contributed by atoms with Crippen LogP contribution < -0.4 is 0 Å². The minimum atomic E-state index is -1.68. The van der Waals surface area contributed by atoms with Crippen LogP contribution in [0, 0.1) is 6.92 Å². The number of rotatable bonds is 4. The Bertz CT molecular complexity index is 334. The molecule has 1 unspecified atom stereocenters. The molecule has 0 amide bonds. The molecule has 1 N–H and O–H groups in total. The van der Waals surface area contributed by atoms with Crippen molar-refractivity contribution in [3.63, 3.8) is 0 Å². The van der Waals surface area contributed by atoms with Crippen LogP contribution in [-0.2, 0) is 23.9 Å². The summed E-state index contributed by atoms with van der Waals surface area (Å²) in [5.74, 6) is 0.326. The molecule has 1 rings (SSSR count). The average molecular weight is 212 g/mol. The van der Waals surface area contributed by atoms with Gasteiger partial charge in [-0.2, -0.15) is 0 Å². The largest absolute Gasteiger partial charge is 0.306 e. The highest BCUT2D eigenvalue weighted by Gasteiger charge is 2.01. The van der Waals surface area contributed by atoms with Crippen molar-refractivity contribution in [1.82, 2.24) is 0 Å². The molecule has 1 aromatic rings. The Morgan fingerprint density at radius 3 is 2.64 bits per heavy atom. The van der Waals surface area contributed by atoms with Gasteiger partial charge in [-0.05, 0) is 36.5 Å². The molecule has 78 valence electrons. The van der Waals surface area contributed by atoms with Crippen molar-refractivity contribution >= 4 is 11.1 Å². The minimum Gasteiger partial charge on any atom is -0.306 e. The Labute approximate surface area is 87.6 Å². The van der Waals surface area contributed by atoms with E-state index in [-0.39, 0.29) is 0 Å². The standard InChI is InChI=1S/C11H16O2S/c1-3-10-4-5-11(9(2)8-10)6-7-14(12)13/h4-5,8H,3,6-7H2,1-2H3,(H,12,13). The summed E-state index contributed by atoms with van der Waals surface area (Å²) < 4.78 is 19.2. The van der Waals surface area contributed by atoms with E-state index in [1.165, 1.54) is 16.7 Å². The SMILES string of the molecule is CCc1ccc(CCS(=O)O)c(C)c1. The molecule has 1 aromatic carbocycles. The van der Waals surface area contributed by atoms with Gasteiger partial charge in [0.25, 0.3) is 0 Å². The lowest BCUT2D eigenvalue weighted by atomic mass is 10.0. The molecule has 0 saturated heterocycles. The van der Waals surface area contributed by atoms with Crippen LogP contribution in [0.5, 0.6) is 0 Å². The van der Waals surface area contributed by atoms with Crippen LogP contribution in [0.4, 0.5) is 0 Å². The summed E-state index contributed by atoms with van der Waals surface area (Å²) >= 11 is -1.68. The van der Waals surface area contributed by atoms with Gasteiger partial charge < -0.3 is 4.55 Å². The average Bonchev–Trinajstić information content (AvgIpc) is 2.15. The van der Waals surface area contributed by atoms with Crippen LogP contribution in [0.3, 0.4) is 0 Å². The van der Waals surface area contributed by atoms with Gasteiger partial charge in [-0.25, -0.2) is 4.21 Å². The van der Waals surface area contributed by atoms with Crippen molar-refractivity contribution < 1.29 is 8.76 Å². The number of aryl methyl sites for hydroxylation is 3. The second kappa shape index (κ2) is 5.27. The first-order chi connectivity index (χ1) is 6.63. The van der Waals surface area contributed by atoms with Crippen molar-refractivity contribution in [2.75, 3.05) is 5.75 Å². The number of hydrogen-bond acceptors (Lipinski definition) is 1. The van der Waals surface area contributed by atoms with Gasteiger partial charge in [-0.1, -0.05) is 25.1 Å². The fraction of sp³-hybridized carbons (Fsp3) is 0.455. The number of hydrogen-bond donors (Lipinski definition) is 1.